The molecule has 2 rings (SSSR count). The highest BCUT2D eigenvalue weighted by Gasteiger charge is 2.25. The number of nitrogens with one attached hydrogen (secondary N) is 1. The number of rotatable bonds is 6. The molecule has 0 saturated carbocycles. The third-order valence-electron chi connectivity index (χ3n) is 3.47. The van der Waals surface area contributed by atoms with Gasteiger partial charge in [-0.2, -0.15) is 0 Å². The van der Waals surface area contributed by atoms with Crippen molar-refractivity contribution >= 4 is 11.9 Å². The van der Waals surface area contributed by atoms with E-state index in [1.165, 1.54) is 0 Å². The van der Waals surface area contributed by atoms with E-state index in [1.807, 2.05) is 23.1 Å². The molecular formula is C15H20N2O4. The average Bonchev–Trinajstić information content (AvgIpc) is 2.52. The maximum absolute atomic E-state index is 11.7. The van der Waals surface area contributed by atoms with Crippen LogP contribution in [0.5, 0.6) is 5.75 Å². The summed E-state index contributed by atoms with van der Waals surface area (Å²) in [7, 11) is 0. The van der Waals surface area contributed by atoms with Gasteiger partial charge >= 0.3 is 5.97 Å². The first-order valence-corrected chi connectivity index (χ1v) is 7.05. The van der Waals surface area contributed by atoms with Crippen LogP contribution in [-0.4, -0.2) is 48.2 Å². The monoisotopic (exact) mass is 292 g/mol. The molecule has 1 heterocycles. The van der Waals surface area contributed by atoms with E-state index < -0.39 is 5.97 Å². The number of carbonyl (C=O) groups excluding carboxylic acids is 1. The second-order valence-corrected chi connectivity index (χ2v) is 5.11. The van der Waals surface area contributed by atoms with Crippen molar-refractivity contribution in [3.8, 4) is 5.75 Å². The molecule has 0 bridgehead atoms. The Bertz CT molecular complexity index is 478. The summed E-state index contributed by atoms with van der Waals surface area (Å²) in [6, 6.07) is 9.13. The molecule has 0 aromatic heterocycles. The van der Waals surface area contributed by atoms with Gasteiger partial charge in [-0.15, -0.1) is 0 Å². The fourth-order valence-corrected chi connectivity index (χ4v) is 2.32. The first kappa shape index (κ1) is 15.3. The summed E-state index contributed by atoms with van der Waals surface area (Å²) in [5.41, 5.74) is 0. The Kier molecular flexibility index (Phi) is 5.57. The van der Waals surface area contributed by atoms with Gasteiger partial charge in [0.1, 0.15) is 5.75 Å². The molecule has 1 aromatic rings. The molecule has 1 amide bonds. The van der Waals surface area contributed by atoms with Crippen molar-refractivity contribution in [2.24, 2.45) is 5.92 Å². The lowest BCUT2D eigenvalue weighted by Gasteiger charge is -2.30. The van der Waals surface area contributed by atoms with Crippen LogP contribution in [0.25, 0.3) is 0 Å². The SMILES string of the molecule is O=C(COc1ccccc1)NCN1CCCC(C(=O)O)C1. The molecule has 1 unspecified atom stereocenters. The molecule has 1 fully saturated rings. The van der Waals surface area contributed by atoms with E-state index in [-0.39, 0.29) is 18.4 Å². The van der Waals surface area contributed by atoms with Crippen molar-refractivity contribution < 1.29 is 19.4 Å². The molecule has 6 nitrogen and oxygen atoms in total. The van der Waals surface area contributed by atoms with Gasteiger partial charge in [-0.3, -0.25) is 14.5 Å². The van der Waals surface area contributed by atoms with Gasteiger partial charge in [0.25, 0.3) is 5.91 Å². The first-order valence-electron chi connectivity index (χ1n) is 7.05. The number of nitrogens with zero attached hydrogens (tertiary/aromatic N) is 1. The molecule has 1 aliphatic rings. The van der Waals surface area contributed by atoms with Crippen LogP contribution < -0.4 is 10.1 Å². The average molecular weight is 292 g/mol. The zero-order valence-electron chi connectivity index (χ0n) is 11.8. The zero-order chi connectivity index (χ0) is 15.1. The van der Waals surface area contributed by atoms with Gasteiger partial charge < -0.3 is 15.2 Å². The first-order chi connectivity index (χ1) is 10.1. The minimum absolute atomic E-state index is 0.0415. The number of benzene rings is 1. The van der Waals surface area contributed by atoms with Crippen molar-refractivity contribution in [3.05, 3.63) is 30.3 Å². The Balaban J connectivity index is 1.68. The van der Waals surface area contributed by atoms with Crippen molar-refractivity contribution in [1.29, 1.82) is 0 Å². The summed E-state index contributed by atoms with van der Waals surface area (Å²) in [6.45, 7) is 1.61. The summed E-state index contributed by atoms with van der Waals surface area (Å²) < 4.78 is 5.34. The summed E-state index contributed by atoms with van der Waals surface area (Å²) >= 11 is 0. The molecule has 1 aliphatic heterocycles. The molecule has 114 valence electrons. The summed E-state index contributed by atoms with van der Waals surface area (Å²) in [6.07, 6.45) is 1.55. The van der Waals surface area contributed by atoms with Crippen molar-refractivity contribution in [2.45, 2.75) is 12.8 Å². The summed E-state index contributed by atoms with van der Waals surface area (Å²) in [5.74, 6) is -0.664. The van der Waals surface area contributed by atoms with Crippen LogP contribution in [0.1, 0.15) is 12.8 Å². The Labute approximate surface area is 123 Å². The number of aliphatic carboxylic acids is 1. The van der Waals surface area contributed by atoms with Gasteiger partial charge in [0.05, 0.1) is 12.6 Å². The molecule has 0 radical (unpaired) electrons. The molecular weight excluding hydrogens is 272 g/mol. The lowest BCUT2D eigenvalue weighted by molar-refractivity contribution is -0.143. The van der Waals surface area contributed by atoms with Crippen molar-refractivity contribution in [1.82, 2.24) is 10.2 Å². The largest absolute Gasteiger partial charge is 0.484 e. The molecule has 1 saturated heterocycles. The van der Waals surface area contributed by atoms with E-state index >= 15 is 0 Å². The fourth-order valence-electron chi connectivity index (χ4n) is 2.32. The number of hydrogen-bond acceptors (Lipinski definition) is 4. The van der Waals surface area contributed by atoms with Crippen LogP contribution in [-0.2, 0) is 9.59 Å². The second kappa shape index (κ2) is 7.64. The standard InChI is InChI=1S/C15H20N2O4/c18-14(10-21-13-6-2-1-3-7-13)16-11-17-8-4-5-12(9-17)15(19)20/h1-3,6-7,12H,4-5,8-11H2,(H,16,18)(H,19,20). The quantitative estimate of drug-likeness (QED) is 0.815. The van der Waals surface area contributed by atoms with Crippen molar-refractivity contribution in [2.75, 3.05) is 26.4 Å². The number of hydrogen-bond donors (Lipinski definition) is 2. The van der Waals surface area contributed by atoms with E-state index in [4.69, 9.17) is 9.84 Å². The highest BCUT2D eigenvalue weighted by Crippen LogP contribution is 2.15. The number of carboxylic acids is 1. The minimum Gasteiger partial charge on any atom is -0.484 e. The lowest BCUT2D eigenvalue weighted by atomic mass is 9.99. The fraction of sp³-hybridized carbons (Fsp3) is 0.467. The molecule has 1 atom stereocenters. The van der Waals surface area contributed by atoms with Gasteiger partial charge in [0.2, 0.25) is 0 Å². The van der Waals surface area contributed by atoms with Crippen LogP contribution in [0.4, 0.5) is 0 Å². The lowest BCUT2D eigenvalue weighted by Crippen LogP contribution is -2.45. The summed E-state index contributed by atoms with van der Waals surface area (Å²) in [5, 5.41) is 11.8. The molecule has 0 spiro atoms. The molecule has 21 heavy (non-hydrogen) atoms. The predicted octanol–water partition coefficient (Wildman–Crippen LogP) is 0.936. The maximum Gasteiger partial charge on any atom is 0.307 e. The molecule has 1 aromatic carbocycles. The van der Waals surface area contributed by atoms with Crippen LogP contribution in [0.2, 0.25) is 0 Å². The maximum atomic E-state index is 11.7. The van der Waals surface area contributed by atoms with E-state index in [2.05, 4.69) is 5.32 Å². The van der Waals surface area contributed by atoms with E-state index in [9.17, 15) is 9.59 Å². The third-order valence-corrected chi connectivity index (χ3v) is 3.47. The minimum atomic E-state index is -0.765. The number of para-hydroxylation sites is 1. The number of carboxylic acid groups (broad SMARTS) is 1. The van der Waals surface area contributed by atoms with Gasteiger partial charge in [-0.1, -0.05) is 18.2 Å². The Morgan fingerprint density at radius 1 is 1.33 bits per heavy atom. The number of likely N-dealkylation sites (tertiary alicyclic amines) is 1. The number of piperidine rings is 1. The Hall–Kier alpha value is -2.08. The van der Waals surface area contributed by atoms with Crippen molar-refractivity contribution in [3.63, 3.8) is 0 Å². The van der Waals surface area contributed by atoms with E-state index in [1.54, 1.807) is 12.1 Å². The van der Waals surface area contributed by atoms with Crippen LogP contribution >= 0.6 is 0 Å². The number of ether oxygens (including phenoxy) is 1. The normalized spacial score (nSPS) is 19.0. The van der Waals surface area contributed by atoms with Crippen LogP contribution in [0.3, 0.4) is 0 Å². The van der Waals surface area contributed by atoms with Gasteiger partial charge in [-0.25, -0.2) is 0 Å². The van der Waals surface area contributed by atoms with Gasteiger partial charge in [-0.05, 0) is 31.5 Å². The molecule has 6 heteroatoms. The van der Waals surface area contributed by atoms with E-state index in [0.717, 1.165) is 13.0 Å². The van der Waals surface area contributed by atoms with Gasteiger partial charge in [0, 0.05) is 6.54 Å². The van der Waals surface area contributed by atoms with Crippen LogP contribution in [0, 0.1) is 5.92 Å². The van der Waals surface area contributed by atoms with E-state index in [0.29, 0.717) is 25.4 Å². The van der Waals surface area contributed by atoms with Crippen LogP contribution in [0.15, 0.2) is 30.3 Å². The highest BCUT2D eigenvalue weighted by atomic mass is 16.5. The third kappa shape index (κ3) is 5.07. The zero-order valence-corrected chi connectivity index (χ0v) is 11.8. The van der Waals surface area contributed by atoms with Gasteiger partial charge in [0.15, 0.2) is 6.61 Å². The topological polar surface area (TPSA) is 78.9 Å². The molecule has 0 aliphatic carbocycles. The highest BCUT2D eigenvalue weighted by molar-refractivity contribution is 5.77. The Morgan fingerprint density at radius 2 is 2.10 bits per heavy atom. The Morgan fingerprint density at radius 3 is 2.81 bits per heavy atom. The number of amides is 1. The molecule has 2 N–H and O–H groups in total. The summed E-state index contributed by atoms with van der Waals surface area (Å²) in [4.78, 5) is 24.6. The predicted molar refractivity (Wildman–Crippen MR) is 76.9 cm³/mol. The second-order valence-electron chi connectivity index (χ2n) is 5.11. The smallest absolute Gasteiger partial charge is 0.307 e. The number of carbonyl (C=O) groups is 2.